The standard InChI is InChI=1S/C19H17F2N5O2/c20-14-4-3-12(10-15(14)21)16-17(13-2-1-5-22-18(13)27)26(11-24-16)9-8-25-7-6-23-19(25)28/h1-5,10-11H,6-9H2,(H,22,27)(H,23,28). The van der Waals surface area contributed by atoms with Crippen LogP contribution in [0.25, 0.3) is 22.5 Å². The van der Waals surface area contributed by atoms with Crippen LogP contribution in [-0.4, -0.2) is 45.1 Å². The lowest BCUT2D eigenvalue weighted by Gasteiger charge is -2.16. The second kappa shape index (κ2) is 7.26. The molecular formula is C19H17F2N5O2. The van der Waals surface area contributed by atoms with Crippen molar-refractivity contribution >= 4 is 6.03 Å². The normalized spacial score (nSPS) is 13.8. The van der Waals surface area contributed by atoms with E-state index in [1.54, 1.807) is 21.6 Å². The van der Waals surface area contributed by atoms with Crippen molar-refractivity contribution in [2.45, 2.75) is 6.54 Å². The average molecular weight is 385 g/mol. The molecule has 4 rings (SSSR count). The van der Waals surface area contributed by atoms with Gasteiger partial charge >= 0.3 is 6.03 Å². The van der Waals surface area contributed by atoms with Gasteiger partial charge in [-0.3, -0.25) is 4.79 Å². The van der Waals surface area contributed by atoms with Crippen LogP contribution in [-0.2, 0) is 6.54 Å². The number of urea groups is 1. The van der Waals surface area contributed by atoms with Gasteiger partial charge in [0.25, 0.3) is 5.56 Å². The summed E-state index contributed by atoms with van der Waals surface area (Å²) >= 11 is 0. The Labute approximate surface area is 158 Å². The van der Waals surface area contributed by atoms with E-state index in [4.69, 9.17) is 0 Å². The number of hydrogen-bond donors (Lipinski definition) is 2. The molecule has 0 bridgehead atoms. The zero-order chi connectivity index (χ0) is 19.7. The fourth-order valence-electron chi connectivity index (χ4n) is 3.25. The van der Waals surface area contributed by atoms with Gasteiger partial charge in [0, 0.05) is 37.9 Å². The van der Waals surface area contributed by atoms with Gasteiger partial charge < -0.3 is 19.8 Å². The van der Waals surface area contributed by atoms with Crippen LogP contribution in [0.15, 0.2) is 47.7 Å². The number of benzene rings is 1. The van der Waals surface area contributed by atoms with E-state index in [0.717, 1.165) is 12.1 Å². The zero-order valence-corrected chi connectivity index (χ0v) is 14.8. The lowest BCUT2D eigenvalue weighted by molar-refractivity contribution is 0.215. The molecule has 1 aromatic carbocycles. The molecule has 7 nitrogen and oxygen atoms in total. The highest BCUT2D eigenvalue weighted by molar-refractivity contribution is 5.78. The van der Waals surface area contributed by atoms with Crippen molar-refractivity contribution in [3.63, 3.8) is 0 Å². The fraction of sp³-hybridized carbons (Fsp3) is 0.211. The molecule has 0 atom stereocenters. The summed E-state index contributed by atoms with van der Waals surface area (Å²) in [4.78, 5) is 32.8. The van der Waals surface area contributed by atoms with Crippen LogP contribution in [0.2, 0.25) is 0 Å². The van der Waals surface area contributed by atoms with E-state index in [9.17, 15) is 18.4 Å². The second-order valence-electron chi connectivity index (χ2n) is 6.40. The van der Waals surface area contributed by atoms with Crippen LogP contribution >= 0.6 is 0 Å². The Morgan fingerprint density at radius 1 is 1.11 bits per heavy atom. The van der Waals surface area contributed by atoms with Crippen molar-refractivity contribution in [2.24, 2.45) is 0 Å². The monoisotopic (exact) mass is 385 g/mol. The van der Waals surface area contributed by atoms with Crippen LogP contribution in [0.5, 0.6) is 0 Å². The summed E-state index contributed by atoms with van der Waals surface area (Å²) in [6.45, 7) is 2.02. The summed E-state index contributed by atoms with van der Waals surface area (Å²) in [5.41, 5.74) is 1.22. The maximum atomic E-state index is 13.8. The third kappa shape index (κ3) is 3.26. The Hall–Kier alpha value is -3.49. The number of amides is 2. The number of nitrogens with one attached hydrogen (secondary N) is 2. The molecule has 2 amide bonds. The van der Waals surface area contributed by atoms with Crippen molar-refractivity contribution in [1.82, 2.24) is 24.8 Å². The summed E-state index contributed by atoms with van der Waals surface area (Å²) in [5, 5.41) is 2.73. The van der Waals surface area contributed by atoms with E-state index < -0.39 is 11.6 Å². The molecule has 1 aliphatic rings. The van der Waals surface area contributed by atoms with Gasteiger partial charge in [-0.15, -0.1) is 0 Å². The Bertz CT molecular complexity index is 1090. The predicted octanol–water partition coefficient (Wildman–Crippen LogP) is 2.21. The quantitative estimate of drug-likeness (QED) is 0.706. The number of aromatic nitrogens is 3. The number of halogens is 2. The number of pyridine rings is 1. The first-order chi connectivity index (χ1) is 13.5. The number of nitrogens with zero attached hydrogens (tertiary/aromatic N) is 3. The molecule has 0 spiro atoms. The molecule has 2 N–H and O–H groups in total. The summed E-state index contributed by atoms with van der Waals surface area (Å²) in [5.74, 6) is -1.95. The highest BCUT2D eigenvalue weighted by Crippen LogP contribution is 2.30. The lowest BCUT2D eigenvalue weighted by Crippen LogP contribution is -2.31. The number of carbonyl (C=O) groups is 1. The lowest BCUT2D eigenvalue weighted by atomic mass is 10.1. The van der Waals surface area contributed by atoms with Crippen LogP contribution in [0.3, 0.4) is 0 Å². The fourth-order valence-corrected chi connectivity index (χ4v) is 3.25. The van der Waals surface area contributed by atoms with Crippen molar-refractivity contribution in [2.75, 3.05) is 19.6 Å². The smallest absolute Gasteiger partial charge is 0.317 e. The summed E-state index contributed by atoms with van der Waals surface area (Å²) in [6, 6.07) is 6.67. The SMILES string of the molecule is O=C1NCCN1CCn1cnc(-c2ccc(F)c(F)c2)c1-c1ccc[nH]c1=O. The molecule has 0 saturated carbocycles. The molecular weight excluding hydrogens is 368 g/mol. The van der Waals surface area contributed by atoms with Gasteiger partial charge in [0.2, 0.25) is 0 Å². The first kappa shape index (κ1) is 17.9. The van der Waals surface area contributed by atoms with Gasteiger partial charge in [0.05, 0.1) is 23.3 Å². The van der Waals surface area contributed by atoms with Gasteiger partial charge in [-0.2, -0.15) is 0 Å². The van der Waals surface area contributed by atoms with Gasteiger partial charge in [-0.1, -0.05) is 0 Å². The number of H-pyrrole nitrogens is 1. The predicted molar refractivity (Wildman–Crippen MR) is 98.6 cm³/mol. The van der Waals surface area contributed by atoms with E-state index in [2.05, 4.69) is 15.3 Å². The van der Waals surface area contributed by atoms with E-state index in [1.807, 2.05) is 0 Å². The van der Waals surface area contributed by atoms with E-state index in [0.29, 0.717) is 48.7 Å². The van der Waals surface area contributed by atoms with E-state index >= 15 is 0 Å². The van der Waals surface area contributed by atoms with E-state index in [1.165, 1.54) is 18.6 Å². The van der Waals surface area contributed by atoms with E-state index in [-0.39, 0.29) is 11.6 Å². The van der Waals surface area contributed by atoms with Crippen LogP contribution in [0.4, 0.5) is 13.6 Å². The molecule has 3 heterocycles. The van der Waals surface area contributed by atoms with Crippen molar-refractivity contribution in [3.8, 4) is 22.5 Å². The average Bonchev–Trinajstić information content (AvgIpc) is 3.29. The largest absolute Gasteiger partial charge is 0.336 e. The van der Waals surface area contributed by atoms with Crippen molar-refractivity contribution in [3.05, 3.63) is 64.8 Å². The zero-order valence-electron chi connectivity index (χ0n) is 14.8. The molecule has 0 unspecified atom stereocenters. The van der Waals surface area contributed by atoms with Gasteiger partial charge in [0.1, 0.15) is 0 Å². The summed E-state index contributed by atoms with van der Waals surface area (Å²) in [7, 11) is 0. The maximum Gasteiger partial charge on any atom is 0.317 e. The maximum absolute atomic E-state index is 13.8. The number of hydrogen-bond acceptors (Lipinski definition) is 3. The number of rotatable bonds is 5. The molecule has 1 fully saturated rings. The Morgan fingerprint density at radius 2 is 1.96 bits per heavy atom. The molecule has 3 aromatic rings. The topological polar surface area (TPSA) is 83.0 Å². The van der Waals surface area contributed by atoms with Crippen LogP contribution in [0, 0.1) is 11.6 Å². The van der Waals surface area contributed by atoms with Crippen LogP contribution < -0.4 is 10.9 Å². The molecule has 0 radical (unpaired) electrons. The molecule has 1 aliphatic heterocycles. The number of aromatic amines is 1. The molecule has 2 aromatic heterocycles. The molecule has 9 heteroatoms. The molecule has 28 heavy (non-hydrogen) atoms. The van der Waals surface area contributed by atoms with Crippen LogP contribution in [0.1, 0.15) is 0 Å². The Morgan fingerprint density at radius 3 is 2.68 bits per heavy atom. The minimum Gasteiger partial charge on any atom is -0.336 e. The third-order valence-corrected chi connectivity index (χ3v) is 4.66. The van der Waals surface area contributed by atoms with Crippen molar-refractivity contribution in [1.29, 1.82) is 0 Å². The first-order valence-electron chi connectivity index (χ1n) is 8.76. The highest BCUT2D eigenvalue weighted by atomic mass is 19.2. The minimum absolute atomic E-state index is 0.139. The highest BCUT2D eigenvalue weighted by Gasteiger charge is 2.22. The summed E-state index contributed by atoms with van der Waals surface area (Å²) in [6.07, 6.45) is 3.05. The van der Waals surface area contributed by atoms with Crippen molar-refractivity contribution < 1.29 is 13.6 Å². The Balaban J connectivity index is 1.77. The molecule has 1 saturated heterocycles. The van der Waals surface area contributed by atoms with Gasteiger partial charge in [0.15, 0.2) is 11.6 Å². The second-order valence-corrected chi connectivity index (χ2v) is 6.40. The number of imidazole rings is 1. The van der Waals surface area contributed by atoms with Gasteiger partial charge in [-0.25, -0.2) is 18.6 Å². The first-order valence-corrected chi connectivity index (χ1v) is 8.76. The Kier molecular flexibility index (Phi) is 4.64. The minimum atomic E-state index is -0.992. The molecule has 144 valence electrons. The third-order valence-electron chi connectivity index (χ3n) is 4.66. The number of carbonyl (C=O) groups excluding carboxylic acids is 1. The van der Waals surface area contributed by atoms with Gasteiger partial charge in [-0.05, 0) is 30.3 Å². The summed E-state index contributed by atoms with van der Waals surface area (Å²) < 4.78 is 28.8. The molecule has 0 aliphatic carbocycles.